The molecular formula is C19H18F4N4. The van der Waals surface area contributed by atoms with E-state index in [1.54, 1.807) is 24.3 Å². The van der Waals surface area contributed by atoms with Gasteiger partial charge in [0.15, 0.2) is 5.65 Å². The van der Waals surface area contributed by atoms with E-state index in [2.05, 4.69) is 15.0 Å². The van der Waals surface area contributed by atoms with Crippen molar-refractivity contribution in [3.8, 4) is 0 Å². The minimum atomic E-state index is -4.52. The van der Waals surface area contributed by atoms with Gasteiger partial charge in [0.1, 0.15) is 11.5 Å². The van der Waals surface area contributed by atoms with Crippen molar-refractivity contribution in [1.82, 2.24) is 19.5 Å². The smallest absolute Gasteiger partial charge is 0.290 e. The summed E-state index contributed by atoms with van der Waals surface area (Å²) >= 11 is 0. The first-order valence-electron chi connectivity index (χ1n) is 8.75. The zero-order valence-corrected chi connectivity index (χ0v) is 14.7. The van der Waals surface area contributed by atoms with Gasteiger partial charge in [-0.1, -0.05) is 18.2 Å². The monoisotopic (exact) mass is 378 g/mol. The lowest BCUT2D eigenvalue weighted by Gasteiger charge is -2.23. The average Bonchev–Trinajstić information content (AvgIpc) is 3.21. The van der Waals surface area contributed by atoms with E-state index in [9.17, 15) is 17.6 Å². The second-order valence-corrected chi connectivity index (χ2v) is 6.84. The Labute approximate surface area is 153 Å². The Kier molecular flexibility index (Phi) is 4.38. The molecule has 1 fully saturated rings. The van der Waals surface area contributed by atoms with Gasteiger partial charge in [-0.05, 0) is 38.4 Å². The zero-order valence-electron chi connectivity index (χ0n) is 14.7. The number of aryl methyl sites for hydroxylation is 1. The Morgan fingerprint density at radius 2 is 1.96 bits per heavy atom. The minimum Gasteiger partial charge on any atom is -0.290 e. The number of nitrogens with zero attached hydrogens (tertiary/aromatic N) is 4. The van der Waals surface area contributed by atoms with Gasteiger partial charge in [-0.3, -0.25) is 4.90 Å². The van der Waals surface area contributed by atoms with E-state index in [1.807, 2.05) is 0 Å². The second kappa shape index (κ2) is 6.60. The van der Waals surface area contributed by atoms with E-state index in [1.165, 1.54) is 13.0 Å². The van der Waals surface area contributed by atoms with Gasteiger partial charge in [0.2, 0.25) is 0 Å². The molecule has 0 amide bonds. The van der Waals surface area contributed by atoms with Gasteiger partial charge in [-0.15, -0.1) is 0 Å². The van der Waals surface area contributed by atoms with Gasteiger partial charge < -0.3 is 0 Å². The molecule has 4 nitrogen and oxygen atoms in total. The van der Waals surface area contributed by atoms with Crippen LogP contribution in [-0.4, -0.2) is 26.0 Å². The lowest BCUT2D eigenvalue weighted by atomic mass is 10.1. The summed E-state index contributed by atoms with van der Waals surface area (Å²) < 4.78 is 54.9. The van der Waals surface area contributed by atoms with Crippen LogP contribution < -0.4 is 0 Å². The SMILES string of the molecule is Cc1cc(C(F)(F)F)n2nc([C@@H]3CCCN3Cc3ccccc3F)cc2n1. The standard InChI is InChI=1S/C19H18F4N4/c1-12-9-17(19(21,22)23)27-18(24-12)10-15(25-27)16-7-4-8-26(16)11-13-5-2-3-6-14(13)20/h2-3,5-6,9-10,16H,4,7-8,11H2,1H3/t16-/m0/s1. The summed E-state index contributed by atoms with van der Waals surface area (Å²) in [6.45, 7) is 2.66. The minimum absolute atomic E-state index is 0.160. The van der Waals surface area contributed by atoms with Crippen molar-refractivity contribution in [2.24, 2.45) is 0 Å². The molecule has 3 aromatic rings. The maximum atomic E-state index is 14.0. The van der Waals surface area contributed by atoms with E-state index in [0.29, 0.717) is 17.8 Å². The number of halogens is 4. The van der Waals surface area contributed by atoms with E-state index in [-0.39, 0.29) is 23.2 Å². The van der Waals surface area contributed by atoms with E-state index in [4.69, 9.17) is 0 Å². The first-order valence-corrected chi connectivity index (χ1v) is 8.75. The van der Waals surface area contributed by atoms with Gasteiger partial charge in [-0.25, -0.2) is 13.9 Å². The number of likely N-dealkylation sites (tertiary alicyclic amines) is 1. The molecular weight excluding hydrogens is 360 g/mol. The molecule has 0 spiro atoms. The third-order valence-corrected chi connectivity index (χ3v) is 4.90. The highest BCUT2D eigenvalue weighted by molar-refractivity contribution is 5.43. The second-order valence-electron chi connectivity index (χ2n) is 6.84. The fourth-order valence-electron chi connectivity index (χ4n) is 3.68. The Hall–Kier alpha value is -2.48. The Bertz CT molecular complexity index is 979. The molecule has 1 aliphatic heterocycles. The Balaban J connectivity index is 1.70. The van der Waals surface area contributed by atoms with Gasteiger partial charge in [0.05, 0.1) is 11.7 Å². The van der Waals surface area contributed by atoms with Crippen molar-refractivity contribution < 1.29 is 17.6 Å². The maximum Gasteiger partial charge on any atom is 0.433 e. The molecule has 1 atom stereocenters. The summed E-state index contributed by atoms with van der Waals surface area (Å²) in [7, 11) is 0. The van der Waals surface area contributed by atoms with Crippen LogP contribution in [0.3, 0.4) is 0 Å². The fraction of sp³-hybridized carbons (Fsp3) is 0.368. The molecule has 8 heteroatoms. The largest absolute Gasteiger partial charge is 0.433 e. The number of hydrogen-bond donors (Lipinski definition) is 0. The van der Waals surface area contributed by atoms with Crippen LogP contribution >= 0.6 is 0 Å². The average molecular weight is 378 g/mol. The van der Waals surface area contributed by atoms with Crippen molar-refractivity contribution in [2.75, 3.05) is 6.54 Å². The molecule has 0 saturated carbocycles. The number of fused-ring (bicyclic) bond motifs is 1. The molecule has 2 aromatic heterocycles. The van der Waals surface area contributed by atoms with Crippen LogP contribution in [0, 0.1) is 12.7 Å². The highest BCUT2D eigenvalue weighted by Gasteiger charge is 2.36. The zero-order chi connectivity index (χ0) is 19.2. The van der Waals surface area contributed by atoms with Gasteiger partial charge >= 0.3 is 6.18 Å². The molecule has 0 unspecified atom stereocenters. The number of hydrogen-bond acceptors (Lipinski definition) is 3. The van der Waals surface area contributed by atoms with Gasteiger partial charge in [0.25, 0.3) is 0 Å². The number of aromatic nitrogens is 3. The summed E-state index contributed by atoms with van der Waals surface area (Å²) in [5.41, 5.74) is 0.728. The Morgan fingerprint density at radius 3 is 2.70 bits per heavy atom. The van der Waals surface area contributed by atoms with Crippen LogP contribution in [-0.2, 0) is 12.7 Å². The molecule has 0 N–H and O–H groups in total. The van der Waals surface area contributed by atoms with Crippen molar-refractivity contribution >= 4 is 5.65 Å². The highest BCUT2D eigenvalue weighted by Crippen LogP contribution is 2.35. The van der Waals surface area contributed by atoms with Crippen molar-refractivity contribution in [2.45, 2.75) is 38.5 Å². The molecule has 3 heterocycles. The number of alkyl halides is 3. The summed E-state index contributed by atoms with van der Waals surface area (Å²) in [5, 5.41) is 4.22. The molecule has 0 radical (unpaired) electrons. The molecule has 0 aliphatic carbocycles. The molecule has 1 aliphatic rings. The topological polar surface area (TPSA) is 33.4 Å². The van der Waals surface area contributed by atoms with Crippen LogP contribution in [0.1, 0.15) is 41.5 Å². The van der Waals surface area contributed by atoms with Crippen LogP contribution in [0.4, 0.5) is 17.6 Å². The first kappa shape index (κ1) is 17.9. The van der Waals surface area contributed by atoms with Crippen LogP contribution in [0.25, 0.3) is 5.65 Å². The van der Waals surface area contributed by atoms with Crippen molar-refractivity contribution in [3.05, 3.63) is 64.9 Å². The highest BCUT2D eigenvalue weighted by atomic mass is 19.4. The predicted molar refractivity (Wildman–Crippen MR) is 91.5 cm³/mol. The van der Waals surface area contributed by atoms with Crippen LogP contribution in [0.15, 0.2) is 36.4 Å². The van der Waals surface area contributed by atoms with E-state index >= 15 is 0 Å². The Morgan fingerprint density at radius 1 is 1.19 bits per heavy atom. The molecule has 4 rings (SSSR count). The quantitative estimate of drug-likeness (QED) is 0.628. The number of benzene rings is 1. The first-order chi connectivity index (χ1) is 12.8. The van der Waals surface area contributed by atoms with Gasteiger partial charge in [-0.2, -0.15) is 18.3 Å². The molecule has 142 valence electrons. The summed E-state index contributed by atoms with van der Waals surface area (Å²) in [4.78, 5) is 6.24. The third kappa shape index (κ3) is 3.41. The summed E-state index contributed by atoms with van der Waals surface area (Å²) in [6, 6.07) is 8.98. The summed E-state index contributed by atoms with van der Waals surface area (Å²) in [6.07, 6.45) is -2.87. The molecule has 1 saturated heterocycles. The molecule has 1 aromatic carbocycles. The number of rotatable bonds is 3. The van der Waals surface area contributed by atoms with Crippen LogP contribution in [0.5, 0.6) is 0 Å². The lowest BCUT2D eigenvalue weighted by molar-refractivity contribution is -0.142. The van der Waals surface area contributed by atoms with Gasteiger partial charge in [0, 0.05) is 23.9 Å². The molecule has 0 bridgehead atoms. The van der Waals surface area contributed by atoms with Crippen LogP contribution in [0.2, 0.25) is 0 Å². The fourth-order valence-corrected chi connectivity index (χ4v) is 3.68. The lowest BCUT2D eigenvalue weighted by Crippen LogP contribution is -2.23. The normalized spacial score (nSPS) is 18.5. The molecule has 27 heavy (non-hydrogen) atoms. The summed E-state index contributed by atoms with van der Waals surface area (Å²) in [5.74, 6) is -0.283. The van der Waals surface area contributed by atoms with E-state index in [0.717, 1.165) is 30.0 Å². The third-order valence-electron chi connectivity index (χ3n) is 4.90. The van der Waals surface area contributed by atoms with Crippen molar-refractivity contribution in [3.63, 3.8) is 0 Å². The predicted octanol–water partition coefficient (Wildman–Crippen LogP) is 4.53. The van der Waals surface area contributed by atoms with E-state index < -0.39 is 11.9 Å². The maximum absolute atomic E-state index is 14.0. The van der Waals surface area contributed by atoms with Crippen molar-refractivity contribution in [1.29, 1.82) is 0 Å².